The van der Waals surface area contributed by atoms with Crippen LogP contribution >= 0.6 is 0 Å². The van der Waals surface area contributed by atoms with Gasteiger partial charge in [0.15, 0.2) is 5.82 Å². The Hall–Kier alpha value is -2.66. The van der Waals surface area contributed by atoms with Crippen LogP contribution in [0.25, 0.3) is 11.5 Å². The molecule has 1 aromatic carbocycles. The summed E-state index contributed by atoms with van der Waals surface area (Å²) in [6.45, 7) is 1.57. The maximum absolute atomic E-state index is 9.79. The highest BCUT2D eigenvalue weighted by Crippen LogP contribution is 2.50. The molecule has 0 bridgehead atoms. The van der Waals surface area contributed by atoms with E-state index in [4.69, 9.17) is 0 Å². The Morgan fingerprint density at radius 3 is 2.74 bits per heavy atom. The highest BCUT2D eigenvalue weighted by Gasteiger charge is 2.45. The maximum atomic E-state index is 9.79. The predicted molar refractivity (Wildman–Crippen MR) is 106 cm³/mol. The van der Waals surface area contributed by atoms with Crippen LogP contribution in [0.5, 0.6) is 0 Å². The van der Waals surface area contributed by atoms with Gasteiger partial charge in [0.25, 0.3) is 0 Å². The van der Waals surface area contributed by atoms with Crippen LogP contribution in [0.3, 0.4) is 0 Å². The van der Waals surface area contributed by atoms with E-state index < -0.39 is 0 Å². The van der Waals surface area contributed by atoms with Gasteiger partial charge in [-0.15, -0.1) is 0 Å². The van der Waals surface area contributed by atoms with Gasteiger partial charge < -0.3 is 15.0 Å². The van der Waals surface area contributed by atoms with Crippen LogP contribution in [0.15, 0.2) is 54.9 Å². The number of aliphatic hydroxyl groups excluding tert-OH is 1. The number of rotatable bonds is 5. The van der Waals surface area contributed by atoms with Gasteiger partial charge >= 0.3 is 0 Å². The zero-order chi connectivity index (χ0) is 18.3. The van der Waals surface area contributed by atoms with Gasteiger partial charge in [-0.1, -0.05) is 30.3 Å². The van der Waals surface area contributed by atoms with Crippen LogP contribution < -0.4 is 4.90 Å². The number of β-amino-alcohol motifs (C(OH)–C–C–N with tert-alkyl or cyclic N) is 1. The van der Waals surface area contributed by atoms with Crippen LogP contribution in [0.2, 0.25) is 0 Å². The molecule has 1 aliphatic carbocycles. The van der Waals surface area contributed by atoms with Crippen molar-refractivity contribution >= 4 is 5.69 Å². The molecule has 2 aliphatic rings. The highest BCUT2D eigenvalue weighted by molar-refractivity contribution is 5.60. The van der Waals surface area contributed by atoms with E-state index in [1.54, 1.807) is 0 Å². The smallest absolute Gasteiger partial charge is 0.156 e. The van der Waals surface area contributed by atoms with Gasteiger partial charge in [0.2, 0.25) is 0 Å². The predicted octanol–water partition coefficient (Wildman–Crippen LogP) is 3.32. The van der Waals surface area contributed by atoms with Crippen molar-refractivity contribution in [3.8, 4) is 11.5 Å². The van der Waals surface area contributed by atoms with Crippen molar-refractivity contribution in [1.82, 2.24) is 15.0 Å². The fraction of sp³-hybridized carbons (Fsp3) is 0.364. The Morgan fingerprint density at radius 2 is 2.00 bits per heavy atom. The van der Waals surface area contributed by atoms with Crippen LogP contribution in [0.4, 0.5) is 5.69 Å². The summed E-state index contributed by atoms with van der Waals surface area (Å²) in [6, 6.07) is 14.7. The number of anilines is 1. The van der Waals surface area contributed by atoms with Gasteiger partial charge in [0.05, 0.1) is 6.10 Å². The SMILES string of the molecule is O[C@H]1CCN(c2ccnc(-c3ncc(C4(Cc5ccccc5)CC4)[nH]3)c2)C1. The van der Waals surface area contributed by atoms with Crippen molar-refractivity contribution in [3.63, 3.8) is 0 Å². The largest absolute Gasteiger partial charge is 0.391 e. The first kappa shape index (κ1) is 16.5. The normalized spacial score (nSPS) is 20.8. The van der Waals surface area contributed by atoms with E-state index in [2.05, 4.69) is 56.3 Å². The number of benzene rings is 1. The van der Waals surface area contributed by atoms with E-state index in [0.29, 0.717) is 6.54 Å². The summed E-state index contributed by atoms with van der Waals surface area (Å²) in [6.07, 6.45) is 7.85. The molecule has 138 valence electrons. The Kier molecular flexibility index (Phi) is 3.97. The van der Waals surface area contributed by atoms with Gasteiger partial charge in [-0.2, -0.15) is 0 Å². The minimum atomic E-state index is -0.232. The molecule has 2 N–H and O–H groups in total. The molecule has 5 nitrogen and oxygen atoms in total. The Balaban J connectivity index is 1.38. The molecule has 5 heteroatoms. The average Bonchev–Trinajstić information content (AvgIpc) is 3.11. The standard InChI is InChI=1S/C22H24N4O/c27-18-7-11-26(15-18)17-6-10-23-19(12-17)21-24-14-20(25-21)22(8-9-22)13-16-4-2-1-3-5-16/h1-6,10,12,14,18,27H,7-9,11,13,15H2,(H,24,25)/t18-/m0/s1. The number of H-pyrrole nitrogens is 1. The van der Waals surface area contributed by atoms with Gasteiger partial charge in [0, 0.05) is 42.3 Å². The first-order chi connectivity index (χ1) is 13.2. The van der Waals surface area contributed by atoms with Crippen LogP contribution in [-0.4, -0.2) is 39.3 Å². The molecule has 0 unspecified atom stereocenters. The number of imidazole rings is 1. The van der Waals surface area contributed by atoms with Crippen molar-refractivity contribution in [2.24, 2.45) is 0 Å². The number of nitrogens with zero attached hydrogens (tertiary/aromatic N) is 3. The summed E-state index contributed by atoms with van der Waals surface area (Å²) in [5, 5.41) is 9.79. The summed E-state index contributed by atoms with van der Waals surface area (Å²) in [5.74, 6) is 0.825. The molecule has 2 aromatic heterocycles. The lowest BCUT2D eigenvalue weighted by Gasteiger charge is -2.18. The summed E-state index contributed by atoms with van der Waals surface area (Å²) >= 11 is 0. The first-order valence-corrected chi connectivity index (χ1v) is 9.71. The molecule has 3 aromatic rings. The Bertz CT molecular complexity index is 932. The third kappa shape index (κ3) is 3.23. The molecule has 1 saturated carbocycles. The van der Waals surface area contributed by atoms with Crippen LogP contribution in [0, 0.1) is 0 Å². The van der Waals surface area contributed by atoms with E-state index in [1.165, 1.54) is 24.1 Å². The summed E-state index contributed by atoms with van der Waals surface area (Å²) in [5.41, 5.74) is 4.74. The van der Waals surface area contributed by atoms with Gasteiger partial charge in [-0.3, -0.25) is 4.98 Å². The third-order valence-electron chi connectivity index (χ3n) is 5.90. The van der Waals surface area contributed by atoms with Crippen molar-refractivity contribution in [3.05, 3.63) is 66.1 Å². The van der Waals surface area contributed by atoms with E-state index in [9.17, 15) is 5.11 Å². The van der Waals surface area contributed by atoms with Gasteiger partial charge in [-0.25, -0.2) is 4.98 Å². The number of pyridine rings is 1. The monoisotopic (exact) mass is 360 g/mol. The second-order valence-corrected chi connectivity index (χ2v) is 7.88. The number of aliphatic hydroxyl groups is 1. The molecule has 0 amide bonds. The fourth-order valence-electron chi connectivity index (χ4n) is 4.12. The molecule has 1 aliphatic heterocycles. The zero-order valence-corrected chi connectivity index (χ0v) is 15.3. The van der Waals surface area contributed by atoms with Gasteiger partial charge in [0.1, 0.15) is 5.69 Å². The lowest BCUT2D eigenvalue weighted by molar-refractivity contribution is 0.198. The second-order valence-electron chi connectivity index (χ2n) is 7.88. The third-order valence-corrected chi connectivity index (χ3v) is 5.90. The number of hydrogen-bond acceptors (Lipinski definition) is 4. The summed E-state index contributed by atoms with van der Waals surface area (Å²) in [4.78, 5) is 14.9. The number of aromatic nitrogens is 3. The van der Waals surface area contributed by atoms with E-state index in [-0.39, 0.29) is 11.5 Å². The second kappa shape index (κ2) is 6.50. The minimum absolute atomic E-state index is 0.198. The lowest BCUT2D eigenvalue weighted by atomic mass is 9.94. The average molecular weight is 360 g/mol. The molecule has 0 spiro atoms. The quantitative estimate of drug-likeness (QED) is 0.733. The maximum Gasteiger partial charge on any atom is 0.156 e. The molecule has 2 fully saturated rings. The lowest BCUT2D eigenvalue weighted by Crippen LogP contribution is -2.21. The van der Waals surface area contributed by atoms with Crippen molar-refractivity contribution in [2.75, 3.05) is 18.0 Å². The van der Waals surface area contributed by atoms with Gasteiger partial charge in [-0.05, 0) is 43.4 Å². The minimum Gasteiger partial charge on any atom is -0.391 e. The molecule has 1 saturated heterocycles. The Morgan fingerprint density at radius 1 is 1.15 bits per heavy atom. The zero-order valence-electron chi connectivity index (χ0n) is 15.3. The topological polar surface area (TPSA) is 65.0 Å². The number of hydrogen-bond donors (Lipinski definition) is 2. The van der Waals surface area contributed by atoms with E-state index >= 15 is 0 Å². The first-order valence-electron chi connectivity index (χ1n) is 9.71. The van der Waals surface area contributed by atoms with E-state index in [1.807, 2.05) is 18.5 Å². The van der Waals surface area contributed by atoms with Crippen molar-refractivity contribution < 1.29 is 5.11 Å². The molecule has 3 heterocycles. The molecule has 0 radical (unpaired) electrons. The molecular formula is C22H24N4O. The van der Waals surface area contributed by atoms with Crippen molar-refractivity contribution in [2.45, 2.75) is 37.2 Å². The molecule has 5 rings (SSSR count). The summed E-state index contributed by atoms with van der Waals surface area (Å²) < 4.78 is 0. The highest BCUT2D eigenvalue weighted by atomic mass is 16.3. The van der Waals surface area contributed by atoms with E-state index in [0.717, 1.165) is 36.6 Å². The van der Waals surface area contributed by atoms with Crippen molar-refractivity contribution in [1.29, 1.82) is 0 Å². The molecular weight excluding hydrogens is 336 g/mol. The van der Waals surface area contributed by atoms with Crippen LogP contribution in [0.1, 0.15) is 30.5 Å². The molecule has 1 atom stereocenters. The summed E-state index contributed by atoms with van der Waals surface area (Å²) in [7, 11) is 0. The Labute approximate surface area is 159 Å². The number of aromatic amines is 1. The number of nitrogens with one attached hydrogen (secondary N) is 1. The van der Waals surface area contributed by atoms with Crippen LogP contribution in [-0.2, 0) is 11.8 Å². The fourth-order valence-corrected chi connectivity index (χ4v) is 4.12. The molecule has 27 heavy (non-hydrogen) atoms.